The zero-order valence-electron chi connectivity index (χ0n) is 13.1. The summed E-state index contributed by atoms with van der Waals surface area (Å²) in [4.78, 5) is 12.0. The highest BCUT2D eigenvalue weighted by Gasteiger charge is 2.41. The minimum atomic E-state index is -3.39. The van der Waals surface area contributed by atoms with Gasteiger partial charge in [-0.1, -0.05) is 18.2 Å². The van der Waals surface area contributed by atoms with Gasteiger partial charge in [0.1, 0.15) is 6.04 Å². The van der Waals surface area contributed by atoms with E-state index in [9.17, 15) is 13.2 Å². The number of fused-ring (bicyclic) bond motifs is 1. The molecule has 0 saturated heterocycles. The Labute approximate surface area is 136 Å². The van der Waals surface area contributed by atoms with Crippen LogP contribution in [0.1, 0.15) is 31.2 Å². The van der Waals surface area contributed by atoms with Crippen molar-refractivity contribution in [3.05, 3.63) is 29.8 Å². The molecule has 2 aliphatic rings. The molecule has 1 aromatic rings. The molecule has 6 nitrogen and oxygen atoms in total. The minimum Gasteiger partial charge on any atom is -0.468 e. The smallest absolute Gasteiger partial charge is 0.322 e. The molecule has 1 atom stereocenters. The summed E-state index contributed by atoms with van der Waals surface area (Å²) in [7, 11) is -2.06. The first-order valence-corrected chi connectivity index (χ1v) is 9.32. The predicted octanol–water partition coefficient (Wildman–Crippen LogP) is 1.25. The van der Waals surface area contributed by atoms with Crippen LogP contribution in [0, 0.1) is 5.92 Å². The zero-order valence-corrected chi connectivity index (χ0v) is 14.0. The molecule has 3 rings (SSSR count). The van der Waals surface area contributed by atoms with Crippen molar-refractivity contribution in [2.45, 2.75) is 49.2 Å². The van der Waals surface area contributed by atoms with Crippen molar-refractivity contribution in [3.63, 3.8) is 0 Å². The monoisotopic (exact) mass is 338 g/mol. The fourth-order valence-electron chi connectivity index (χ4n) is 3.67. The topological polar surface area (TPSA) is 89.7 Å². The SMILES string of the molecule is COC(=O)C(N)C1CCC(N2Cc3ccccc3S2(=O)=O)CC1. The van der Waals surface area contributed by atoms with E-state index in [-0.39, 0.29) is 12.0 Å². The fraction of sp³-hybridized carbons (Fsp3) is 0.562. The average molecular weight is 338 g/mol. The third-order valence-corrected chi connectivity index (χ3v) is 7.01. The summed E-state index contributed by atoms with van der Waals surface area (Å²) in [5, 5.41) is 0. The van der Waals surface area contributed by atoms with Crippen LogP contribution in [-0.4, -0.2) is 37.9 Å². The van der Waals surface area contributed by atoms with E-state index >= 15 is 0 Å². The highest BCUT2D eigenvalue weighted by atomic mass is 32.2. The Balaban J connectivity index is 1.69. The van der Waals surface area contributed by atoms with Crippen LogP contribution >= 0.6 is 0 Å². The van der Waals surface area contributed by atoms with Crippen LogP contribution in [0.5, 0.6) is 0 Å². The van der Waals surface area contributed by atoms with Crippen LogP contribution in [0.4, 0.5) is 0 Å². The predicted molar refractivity (Wildman–Crippen MR) is 84.9 cm³/mol. The molecule has 1 saturated carbocycles. The van der Waals surface area contributed by atoms with Gasteiger partial charge in [0.15, 0.2) is 0 Å². The molecule has 1 aromatic carbocycles. The Kier molecular flexibility index (Phi) is 4.44. The Hall–Kier alpha value is -1.44. The van der Waals surface area contributed by atoms with Crippen LogP contribution in [0.3, 0.4) is 0 Å². The van der Waals surface area contributed by atoms with Crippen LogP contribution in [0.15, 0.2) is 29.2 Å². The highest BCUT2D eigenvalue weighted by molar-refractivity contribution is 7.89. The third kappa shape index (κ3) is 2.88. The average Bonchev–Trinajstić information content (AvgIpc) is 2.85. The van der Waals surface area contributed by atoms with Crippen LogP contribution in [-0.2, 0) is 26.1 Å². The van der Waals surface area contributed by atoms with E-state index < -0.39 is 22.0 Å². The molecule has 126 valence electrons. The summed E-state index contributed by atoms with van der Waals surface area (Å²) in [6, 6.07) is 6.52. The number of benzene rings is 1. The lowest BCUT2D eigenvalue weighted by atomic mass is 9.81. The summed E-state index contributed by atoms with van der Waals surface area (Å²) in [6.07, 6.45) is 2.93. The quantitative estimate of drug-likeness (QED) is 0.838. The Bertz CT molecular complexity index is 696. The second-order valence-electron chi connectivity index (χ2n) is 6.28. The van der Waals surface area contributed by atoms with E-state index in [0.29, 0.717) is 11.4 Å². The number of rotatable bonds is 3. The number of nitrogens with two attached hydrogens (primary N) is 1. The van der Waals surface area contributed by atoms with Crippen LogP contribution in [0.25, 0.3) is 0 Å². The van der Waals surface area contributed by atoms with Gasteiger partial charge in [0.25, 0.3) is 0 Å². The molecule has 2 N–H and O–H groups in total. The van der Waals surface area contributed by atoms with Gasteiger partial charge in [-0.2, -0.15) is 4.31 Å². The third-order valence-electron chi connectivity index (χ3n) is 5.02. The molecule has 1 heterocycles. The van der Waals surface area contributed by atoms with E-state index in [1.165, 1.54) is 7.11 Å². The number of methoxy groups -OCH3 is 1. The maximum absolute atomic E-state index is 12.7. The number of nitrogens with zero attached hydrogens (tertiary/aromatic N) is 1. The Morgan fingerprint density at radius 2 is 1.91 bits per heavy atom. The van der Waals surface area contributed by atoms with Gasteiger partial charge in [0.05, 0.1) is 12.0 Å². The maximum atomic E-state index is 12.7. The molecule has 1 fully saturated rings. The van der Waals surface area contributed by atoms with Gasteiger partial charge < -0.3 is 10.5 Å². The summed E-state index contributed by atoms with van der Waals surface area (Å²) in [5.41, 5.74) is 6.78. The van der Waals surface area contributed by atoms with Crippen molar-refractivity contribution < 1.29 is 17.9 Å². The fourth-order valence-corrected chi connectivity index (χ4v) is 5.55. The molecule has 1 aliphatic carbocycles. The first-order valence-electron chi connectivity index (χ1n) is 7.88. The summed E-state index contributed by atoms with van der Waals surface area (Å²) >= 11 is 0. The number of hydrogen-bond acceptors (Lipinski definition) is 5. The molecule has 0 bridgehead atoms. The Morgan fingerprint density at radius 3 is 2.52 bits per heavy atom. The lowest BCUT2D eigenvalue weighted by molar-refractivity contribution is -0.143. The second-order valence-corrected chi connectivity index (χ2v) is 8.13. The molecular formula is C16H22N2O4S. The number of sulfonamides is 1. The molecule has 7 heteroatoms. The van der Waals surface area contributed by atoms with Crippen LogP contribution in [0.2, 0.25) is 0 Å². The normalized spacial score (nSPS) is 28.1. The largest absolute Gasteiger partial charge is 0.468 e. The summed E-state index contributed by atoms with van der Waals surface area (Å²) < 4.78 is 31.7. The van der Waals surface area contributed by atoms with E-state index in [2.05, 4.69) is 0 Å². The van der Waals surface area contributed by atoms with E-state index in [0.717, 1.165) is 31.2 Å². The zero-order chi connectivity index (χ0) is 16.6. The number of hydrogen-bond donors (Lipinski definition) is 1. The molecule has 23 heavy (non-hydrogen) atoms. The van der Waals surface area contributed by atoms with Gasteiger partial charge in [-0.25, -0.2) is 8.42 Å². The standard InChI is InChI=1S/C16H22N2O4S/c1-22-16(19)15(17)11-6-8-13(9-7-11)18-10-12-4-2-3-5-14(12)23(18,20)21/h2-5,11,13,15H,6-10,17H2,1H3. The second kappa shape index (κ2) is 6.22. The number of carbonyl (C=O) groups excluding carboxylic acids is 1. The maximum Gasteiger partial charge on any atom is 0.322 e. The lowest BCUT2D eigenvalue weighted by Gasteiger charge is -2.35. The van der Waals surface area contributed by atoms with E-state index in [1.807, 2.05) is 12.1 Å². The van der Waals surface area contributed by atoms with Crippen molar-refractivity contribution in [2.75, 3.05) is 7.11 Å². The molecular weight excluding hydrogens is 316 g/mol. The summed E-state index contributed by atoms with van der Waals surface area (Å²) in [6.45, 7) is 0.441. The van der Waals surface area contributed by atoms with Gasteiger partial charge in [-0.3, -0.25) is 4.79 Å². The van der Waals surface area contributed by atoms with Gasteiger partial charge >= 0.3 is 5.97 Å². The van der Waals surface area contributed by atoms with Crippen molar-refractivity contribution in [1.29, 1.82) is 0 Å². The van der Waals surface area contributed by atoms with E-state index in [1.54, 1.807) is 16.4 Å². The number of ether oxygens (including phenoxy) is 1. The number of esters is 1. The van der Waals surface area contributed by atoms with Gasteiger partial charge in [-0.05, 0) is 43.2 Å². The van der Waals surface area contributed by atoms with Crippen molar-refractivity contribution in [1.82, 2.24) is 4.31 Å². The summed E-state index contributed by atoms with van der Waals surface area (Å²) in [5.74, 6) is -0.332. The molecule has 0 spiro atoms. The highest BCUT2D eigenvalue weighted by Crippen LogP contribution is 2.37. The first-order chi connectivity index (χ1) is 10.9. The van der Waals surface area contributed by atoms with Gasteiger partial charge in [-0.15, -0.1) is 0 Å². The van der Waals surface area contributed by atoms with Crippen molar-refractivity contribution in [2.24, 2.45) is 11.7 Å². The molecule has 0 amide bonds. The van der Waals surface area contributed by atoms with E-state index in [4.69, 9.17) is 10.5 Å². The number of carbonyl (C=O) groups is 1. The molecule has 0 radical (unpaired) electrons. The minimum absolute atomic E-state index is 0.0199. The first kappa shape index (κ1) is 16.4. The molecule has 1 unspecified atom stereocenters. The lowest BCUT2D eigenvalue weighted by Crippen LogP contribution is -2.44. The molecule has 1 aliphatic heterocycles. The molecule has 0 aromatic heterocycles. The van der Waals surface area contributed by atoms with Crippen molar-refractivity contribution >= 4 is 16.0 Å². The van der Waals surface area contributed by atoms with Crippen LogP contribution < -0.4 is 5.73 Å². The van der Waals surface area contributed by atoms with Crippen molar-refractivity contribution in [3.8, 4) is 0 Å². The van der Waals surface area contributed by atoms with Gasteiger partial charge in [0.2, 0.25) is 10.0 Å². The Morgan fingerprint density at radius 1 is 1.26 bits per heavy atom. The van der Waals surface area contributed by atoms with Gasteiger partial charge in [0, 0.05) is 12.6 Å².